The topological polar surface area (TPSA) is 68.0 Å². The van der Waals surface area contributed by atoms with Gasteiger partial charge >= 0.3 is 0 Å². The van der Waals surface area contributed by atoms with Crippen molar-refractivity contribution < 1.29 is 4.79 Å². The number of carbonyl (C=O) groups excluding carboxylic acids is 1. The van der Waals surface area contributed by atoms with E-state index in [1.807, 2.05) is 0 Å². The van der Waals surface area contributed by atoms with Crippen molar-refractivity contribution in [1.82, 2.24) is 10.3 Å². The zero-order valence-corrected chi connectivity index (χ0v) is 6.82. The lowest BCUT2D eigenvalue weighted by Crippen LogP contribution is -2.39. The van der Waals surface area contributed by atoms with Gasteiger partial charge in [-0.1, -0.05) is 6.07 Å². The Morgan fingerprint density at radius 1 is 1.67 bits per heavy atom. The molecule has 0 saturated heterocycles. The number of nitrogens with zero attached hydrogens (tertiary/aromatic N) is 1. The molecular formula is C8H11N3O. The Balaban J connectivity index is 2.66. The van der Waals surface area contributed by atoms with Gasteiger partial charge in [0.15, 0.2) is 0 Å². The molecule has 0 saturated carbocycles. The molecular weight excluding hydrogens is 154 g/mol. The lowest BCUT2D eigenvalue weighted by molar-refractivity contribution is 0.0936. The van der Waals surface area contributed by atoms with E-state index in [0.717, 1.165) is 0 Å². The molecule has 0 spiro atoms. The van der Waals surface area contributed by atoms with Gasteiger partial charge in [0.2, 0.25) is 0 Å². The number of nitrogens with one attached hydrogen (secondary N) is 1. The van der Waals surface area contributed by atoms with Gasteiger partial charge in [-0.2, -0.15) is 0 Å². The van der Waals surface area contributed by atoms with Crippen LogP contribution in [0.15, 0.2) is 24.4 Å². The minimum Gasteiger partial charge on any atom is -0.336 e. The molecule has 1 amide bonds. The van der Waals surface area contributed by atoms with E-state index in [2.05, 4.69) is 10.3 Å². The molecule has 0 aromatic carbocycles. The molecule has 4 heteroatoms. The second-order valence-electron chi connectivity index (χ2n) is 2.48. The maximum absolute atomic E-state index is 11.2. The van der Waals surface area contributed by atoms with Crippen molar-refractivity contribution in [2.75, 3.05) is 0 Å². The Kier molecular flexibility index (Phi) is 2.76. The maximum atomic E-state index is 11.2. The van der Waals surface area contributed by atoms with Gasteiger partial charge in [-0.25, -0.2) is 0 Å². The molecule has 4 nitrogen and oxygen atoms in total. The van der Waals surface area contributed by atoms with Gasteiger partial charge in [-0.3, -0.25) is 9.78 Å². The van der Waals surface area contributed by atoms with Gasteiger partial charge in [0.25, 0.3) is 5.91 Å². The maximum Gasteiger partial charge on any atom is 0.271 e. The van der Waals surface area contributed by atoms with Gasteiger partial charge in [-0.15, -0.1) is 0 Å². The lowest BCUT2D eigenvalue weighted by atomic mass is 10.3. The fraction of sp³-hybridized carbons (Fsp3) is 0.250. The number of amides is 1. The smallest absolute Gasteiger partial charge is 0.271 e. The fourth-order valence-electron chi connectivity index (χ4n) is 0.778. The summed E-state index contributed by atoms with van der Waals surface area (Å²) >= 11 is 0. The third-order valence-electron chi connectivity index (χ3n) is 1.26. The van der Waals surface area contributed by atoms with E-state index in [1.165, 1.54) is 0 Å². The highest BCUT2D eigenvalue weighted by molar-refractivity contribution is 5.92. The van der Waals surface area contributed by atoms with Crippen LogP contribution in [-0.4, -0.2) is 17.1 Å². The average Bonchev–Trinajstić information content (AvgIpc) is 2.05. The third kappa shape index (κ3) is 2.32. The molecule has 64 valence electrons. The summed E-state index contributed by atoms with van der Waals surface area (Å²) in [4.78, 5) is 15.1. The molecule has 1 rings (SSSR count). The van der Waals surface area contributed by atoms with E-state index in [-0.39, 0.29) is 12.1 Å². The lowest BCUT2D eigenvalue weighted by Gasteiger charge is -2.06. The molecule has 1 heterocycles. The number of carbonyl (C=O) groups is 1. The number of rotatable bonds is 2. The van der Waals surface area contributed by atoms with Crippen LogP contribution in [0.25, 0.3) is 0 Å². The minimum absolute atomic E-state index is 0.245. The third-order valence-corrected chi connectivity index (χ3v) is 1.26. The fourth-order valence-corrected chi connectivity index (χ4v) is 0.778. The van der Waals surface area contributed by atoms with E-state index in [4.69, 9.17) is 5.73 Å². The van der Waals surface area contributed by atoms with Gasteiger partial charge in [0, 0.05) is 6.20 Å². The van der Waals surface area contributed by atoms with Crippen molar-refractivity contribution >= 4 is 5.91 Å². The van der Waals surface area contributed by atoms with Crippen LogP contribution in [0.2, 0.25) is 0 Å². The summed E-state index contributed by atoms with van der Waals surface area (Å²) in [5.41, 5.74) is 5.76. The SMILES string of the molecule is CC(N)NC(=O)c1ccccn1. The van der Waals surface area contributed by atoms with Gasteiger partial charge in [0.05, 0.1) is 6.17 Å². The van der Waals surface area contributed by atoms with Gasteiger partial charge < -0.3 is 11.1 Å². The normalized spacial score (nSPS) is 12.2. The number of hydrogen-bond donors (Lipinski definition) is 2. The Labute approximate surface area is 70.8 Å². The van der Waals surface area contributed by atoms with E-state index < -0.39 is 0 Å². The molecule has 1 atom stereocenters. The van der Waals surface area contributed by atoms with Crippen LogP contribution in [0.4, 0.5) is 0 Å². The first-order valence-corrected chi connectivity index (χ1v) is 3.67. The van der Waals surface area contributed by atoms with Crippen LogP contribution in [0.3, 0.4) is 0 Å². The molecule has 12 heavy (non-hydrogen) atoms. The van der Waals surface area contributed by atoms with Crippen LogP contribution < -0.4 is 11.1 Å². The second-order valence-corrected chi connectivity index (χ2v) is 2.48. The average molecular weight is 165 g/mol. The van der Waals surface area contributed by atoms with Crippen molar-refractivity contribution in [1.29, 1.82) is 0 Å². The molecule has 0 aliphatic rings. The summed E-state index contributed by atoms with van der Waals surface area (Å²) in [6.45, 7) is 1.70. The van der Waals surface area contributed by atoms with Crippen LogP contribution in [0.1, 0.15) is 17.4 Å². The quantitative estimate of drug-likeness (QED) is 0.611. The monoisotopic (exact) mass is 165 g/mol. The molecule has 0 fully saturated rings. The first kappa shape index (κ1) is 8.67. The summed E-state index contributed by atoms with van der Waals surface area (Å²) in [5, 5.41) is 2.54. The molecule has 1 aromatic rings. The van der Waals surface area contributed by atoms with E-state index in [9.17, 15) is 4.79 Å². The van der Waals surface area contributed by atoms with Crippen molar-refractivity contribution in [2.24, 2.45) is 5.73 Å². The van der Waals surface area contributed by atoms with Crippen LogP contribution in [0, 0.1) is 0 Å². The highest BCUT2D eigenvalue weighted by Crippen LogP contribution is 1.92. The molecule has 3 N–H and O–H groups in total. The van der Waals surface area contributed by atoms with E-state index in [0.29, 0.717) is 5.69 Å². The number of hydrogen-bond acceptors (Lipinski definition) is 3. The van der Waals surface area contributed by atoms with Crippen molar-refractivity contribution in [2.45, 2.75) is 13.1 Å². The molecule has 0 radical (unpaired) electrons. The Bertz CT molecular complexity index is 258. The summed E-state index contributed by atoms with van der Waals surface area (Å²) < 4.78 is 0. The predicted octanol–water partition coefficient (Wildman–Crippen LogP) is 0.116. The summed E-state index contributed by atoms with van der Waals surface area (Å²) in [5.74, 6) is -0.245. The molecule has 0 aliphatic heterocycles. The largest absolute Gasteiger partial charge is 0.336 e. The molecule has 1 aromatic heterocycles. The molecule has 0 bridgehead atoms. The summed E-state index contributed by atoms with van der Waals surface area (Å²) in [6, 6.07) is 5.14. The highest BCUT2D eigenvalue weighted by atomic mass is 16.2. The summed E-state index contributed by atoms with van der Waals surface area (Å²) in [6.07, 6.45) is 1.22. The van der Waals surface area contributed by atoms with Crippen molar-refractivity contribution in [3.8, 4) is 0 Å². The van der Waals surface area contributed by atoms with Crippen LogP contribution >= 0.6 is 0 Å². The highest BCUT2D eigenvalue weighted by Gasteiger charge is 2.06. The van der Waals surface area contributed by atoms with E-state index in [1.54, 1.807) is 31.3 Å². The Morgan fingerprint density at radius 3 is 2.92 bits per heavy atom. The number of pyridine rings is 1. The Morgan fingerprint density at radius 2 is 2.42 bits per heavy atom. The zero-order valence-electron chi connectivity index (χ0n) is 6.82. The van der Waals surface area contributed by atoms with E-state index >= 15 is 0 Å². The molecule has 1 unspecified atom stereocenters. The van der Waals surface area contributed by atoms with Crippen LogP contribution in [0.5, 0.6) is 0 Å². The zero-order chi connectivity index (χ0) is 8.97. The van der Waals surface area contributed by atoms with Gasteiger partial charge in [0.1, 0.15) is 5.69 Å². The molecule has 0 aliphatic carbocycles. The first-order chi connectivity index (χ1) is 5.70. The predicted molar refractivity (Wildman–Crippen MR) is 45.4 cm³/mol. The first-order valence-electron chi connectivity index (χ1n) is 3.67. The second kappa shape index (κ2) is 3.82. The Hall–Kier alpha value is -1.42. The number of nitrogens with two attached hydrogens (primary N) is 1. The summed E-state index contributed by atoms with van der Waals surface area (Å²) in [7, 11) is 0. The standard InChI is InChI=1S/C8H11N3O/c1-6(9)11-8(12)7-4-2-3-5-10-7/h2-6H,9H2,1H3,(H,11,12). The van der Waals surface area contributed by atoms with Crippen molar-refractivity contribution in [3.05, 3.63) is 30.1 Å². The van der Waals surface area contributed by atoms with Crippen molar-refractivity contribution in [3.63, 3.8) is 0 Å². The number of aromatic nitrogens is 1. The van der Waals surface area contributed by atoms with Crippen LogP contribution in [-0.2, 0) is 0 Å². The minimum atomic E-state index is -0.348. The van der Waals surface area contributed by atoms with Gasteiger partial charge in [-0.05, 0) is 19.1 Å².